The van der Waals surface area contributed by atoms with Crippen LogP contribution in [0.2, 0.25) is 5.02 Å². The topological polar surface area (TPSA) is 29.3 Å². The van der Waals surface area contributed by atoms with Crippen molar-refractivity contribution >= 4 is 17.3 Å². The van der Waals surface area contributed by atoms with E-state index in [4.69, 9.17) is 17.3 Å². The molecule has 2 N–H and O–H groups in total. The zero-order valence-electron chi connectivity index (χ0n) is 11.0. The van der Waals surface area contributed by atoms with Crippen molar-refractivity contribution in [1.29, 1.82) is 0 Å². The zero-order valence-corrected chi connectivity index (χ0v) is 11.7. The Bertz CT molecular complexity index is 446. The highest BCUT2D eigenvalue weighted by atomic mass is 35.5. The second-order valence-corrected chi connectivity index (χ2v) is 6.18. The van der Waals surface area contributed by atoms with Crippen LogP contribution in [-0.4, -0.2) is 19.1 Å². The first-order chi connectivity index (χ1) is 8.65. The number of halogens is 1. The maximum absolute atomic E-state index is 6.49. The fourth-order valence-electron chi connectivity index (χ4n) is 3.29. The van der Waals surface area contributed by atoms with Gasteiger partial charge < -0.3 is 10.6 Å². The summed E-state index contributed by atoms with van der Waals surface area (Å²) in [6.07, 6.45) is 4.93. The highest BCUT2D eigenvalue weighted by Crippen LogP contribution is 2.55. The van der Waals surface area contributed by atoms with Crippen molar-refractivity contribution in [1.82, 2.24) is 0 Å². The molecule has 2 nitrogen and oxygen atoms in total. The van der Waals surface area contributed by atoms with Crippen LogP contribution in [0.15, 0.2) is 18.2 Å². The smallest absolute Gasteiger partial charge is 0.0464 e. The minimum Gasteiger partial charge on any atom is -0.371 e. The Hall–Kier alpha value is -0.730. The first-order valence-electron chi connectivity index (χ1n) is 6.95. The second kappa shape index (κ2) is 4.43. The Morgan fingerprint density at radius 1 is 1.28 bits per heavy atom. The van der Waals surface area contributed by atoms with Gasteiger partial charge >= 0.3 is 0 Å². The van der Waals surface area contributed by atoms with E-state index in [-0.39, 0.29) is 11.5 Å². The third-order valence-corrected chi connectivity index (χ3v) is 4.91. The number of hydrogen-bond donors (Lipinski definition) is 1. The molecule has 3 rings (SSSR count). The molecule has 1 unspecified atom stereocenters. The normalized spacial score (nSPS) is 23.2. The van der Waals surface area contributed by atoms with E-state index < -0.39 is 0 Å². The van der Waals surface area contributed by atoms with Crippen molar-refractivity contribution in [2.75, 3.05) is 18.0 Å². The summed E-state index contributed by atoms with van der Waals surface area (Å²) in [5.74, 6) is 0. The molecule has 1 saturated heterocycles. The van der Waals surface area contributed by atoms with Gasteiger partial charge in [-0.2, -0.15) is 0 Å². The van der Waals surface area contributed by atoms with E-state index in [0.717, 1.165) is 18.1 Å². The summed E-state index contributed by atoms with van der Waals surface area (Å²) in [5, 5.41) is 0.897. The van der Waals surface area contributed by atoms with Gasteiger partial charge in [0.05, 0.1) is 0 Å². The summed E-state index contributed by atoms with van der Waals surface area (Å²) in [6, 6.07) is 6.48. The van der Waals surface area contributed by atoms with Gasteiger partial charge in [-0.05, 0) is 44.7 Å². The van der Waals surface area contributed by atoms with Gasteiger partial charge in [-0.25, -0.2) is 0 Å². The molecule has 0 spiro atoms. The first kappa shape index (κ1) is 12.3. The van der Waals surface area contributed by atoms with E-state index in [1.54, 1.807) is 0 Å². The standard InChI is InChI=1S/C15H21ClN2/c1-11(17)15(7-8-15)14-12(16)5-4-6-13(14)18-9-2-3-10-18/h4-6,11H,2-3,7-10,17H2,1H3. The largest absolute Gasteiger partial charge is 0.371 e. The molecule has 1 saturated carbocycles. The van der Waals surface area contributed by atoms with Crippen LogP contribution in [0.5, 0.6) is 0 Å². The van der Waals surface area contributed by atoms with Crippen LogP contribution in [0.1, 0.15) is 38.2 Å². The lowest BCUT2D eigenvalue weighted by atomic mass is 9.87. The van der Waals surface area contributed by atoms with E-state index in [1.807, 2.05) is 6.07 Å². The Balaban J connectivity index is 2.07. The summed E-state index contributed by atoms with van der Waals surface area (Å²) >= 11 is 6.49. The molecule has 18 heavy (non-hydrogen) atoms. The molecule has 2 aliphatic rings. The van der Waals surface area contributed by atoms with Crippen LogP contribution < -0.4 is 10.6 Å². The molecule has 3 heteroatoms. The summed E-state index contributed by atoms with van der Waals surface area (Å²) < 4.78 is 0. The second-order valence-electron chi connectivity index (χ2n) is 5.77. The highest BCUT2D eigenvalue weighted by Gasteiger charge is 2.50. The Morgan fingerprint density at radius 2 is 1.94 bits per heavy atom. The highest BCUT2D eigenvalue weighted by molar-refractivity contribution is 6.32. The summed E-state index contributed by atoms with van der Waals surface area (Å²) in [6.45, 7) is 4.43. The predicted octanol–water partition coefficient (Wildman–Crippen LogP) is 3.32. The van der Waals surface area contributed by atoms with Gasteiger partial charge in [-0.3, -0.25) is 0 Å². The molecule has 1 aliphatic carbocycles. The van der Waals surface area contributed by atoms with Crippen molar-refractivity contribution in [3.63, 3.8) is 0 Å². The van der Waals surface area contributed by atoms with Crippen LogP contribution in [0, 0.1) is 0 Å². The number of benzene rings is 1. The van der Waals surface area contributed by atoms with E-state index in [1.165, 1.54) is 36.9 Å². The van der Waals surface area contributed by atoms with Gasteiger partial charge in [0, 0.05) is 40.8 Å². The van der Waals surface area contributed by atoms with Crippen LogP contribution in [-0.2, 0) is 5.41 Å². The number of rotatable bonds is 3. The number of anilines is 1. The SMILES string of the molecule is CC(N)C1(c2c(Cl)cccc2N2CCCC2)CC1. The molecule has 1 aliphatic heterocycles. The lowest BCUT2D eigenvalue weighted by Gasteiger charge is -2.29. The number of nitrogens with zero attached hydrogens (tertiary/aromatic N) is 1. The fraction of sp³-hybridized carbons (Fsp3) is 0.600. The lowest BCUT2D eigenvalue weighted by Crippen LogP contribution is -2.34. The fourth-order valence-corrected chi connectivity index (χ4v) is 3.65. The molecule has 1 heterocycles. The molecule has 0 radical (unpaired) electrons. The van der Waals surface area contributed by atoms with Crippen molar-refractivity contribution in [2.45, 2.75) is 44.1 Å². The summed E-state index contributed by atoms with van der Waals surface area (Å²) in [4.78, 5) is 2.48. The van der Waals surface area contributed by atoms with Crippen molar-refractivity contribution in [3.8, 4) is 0 Å². The average molecular weight is 265 g/mol. The van der Waals surface area contributed by atoms with Crippen molar-refractivity contribution in [2.24, 2.45) is 5.73 Å². The molecule has 1 atom stereocenters. The maximum Gasteiger partial charge on any atom is 0.0464 e. The van der Waals surface area contributed by atoms with Crippen LogP contribution in [0.4, 0.5) is 5.69 Å². The van der Waals surface area contributed by atoms with E-state index in [0.29, 0.717) is 0 Å². The Labute approximate surface area is 114 Å². The summed E-state index contributed by atoms with van der Waals surface area (Å²) in [7, 11) is 0. The molecule has 98 valence electrons. The third kappa shape index (κ3) is 1.83. The van der Waals surface area contributed by atoms with Gasteiger partial charge in [-0.1, -0.05) is 17.7 Å². The zero-order chi connectivity index (χ0) is 12.8. The molecular weight excluding hydrogens is 244 g/mol. The molecule has 0 aromatic heterocycles. The Morgan fingerprint density at radius 3 is 2.50 bits per heavy atom. The third-order valence-electron chi connectivity index (χ3n) is 4.60. The van der Waals surface area contributed by atoms with Crippen LogP contribution in [0.25, 0.3) is 0 Å². The molecule has 1 aromatic carbocycles. The van der Waals surface area contributed by atoms with Crippen molar-refractivity contribution in [3.05, 3.63) is 28.8 Å². The lowest BCUT2D eigenvalue weighted by molar-refractivity contribution is 0.556. The Kier molecular flexibility index (Phi) is 3.03. The molecule has 2 fully saturated rings. The van der Waals surface area contributed by atoms with E-state index in [2.05, 4.69) is 24.0 Å². The van der Waals surface area contributed by atoms with Crippen molar-refractivity contribution < 1.29 is 0 Å². The van der Waals surface area contributed by atoms with E-state index >= 15 is 0 Å². The molecular formula is C15H21ClN2. The van der Waals surface area contributed by atoms with E-state index in [9.17, 15) is 0 Å². The molecule has 1 aromatic rings. The predicted molar refractivity (Wildman–Crippen MR) is 77.5 cm³/mol. The average Bonchev–Trinajstić information content (AvgIpc) is 2.97. The van der Waals surface area contributed by atoms with Gasteiger partial charge in [-0.15, -0.1) is 0 Å². The maximum atomic E-state index is 6.49. The number of nitrogens with two attached hydrogens (primary N) is 1. The summed E-state index contributed by atoms with van der Waals surface area (Å²) in [5.41, 5.74) is 9.00. The van der Waals surface area contributed by atoms with Gasteiger partial charge in [0.2, 0.25) is 0 Å². The molecule has 0 bridgehead atoms. The molecule has 0 amide bonds. The minimum atomic E-state index is 0.135. The minimum absolute atomic E-state index is 0.135. The number of hydrogen-bond acceptors (Lipinski definition) is 2. The van der Waals surface area contributed by atoms with Crippen LogP contribution >= 0.6 is 11.6 Å². The van der Waals surface area contributed by atoms with Gasteiger partial charge in [0.1, 0.15) is 0 Å². The quantitative estimate of drug-likeness (QED) is 0.908. The monoisotopic (exact) mass is 264 g/mol. The van der Waals surface area contributed by atoms with Gasteiger partial charge in [0.15, 0.2) is 0 Å². The first-order valence-corrected chi connectivity index (χ1v) is 7.32. The van der Waals surface area contributed by atoms with Crippen LogP contribution in [0.3, 0.4) is 0 Å². The van der Waals surface area contributed by atoms with Gasteiger partial charge in [0.25, 0.3) is 0 Å².